The van der Waals surface area contributed by atoms with Gasteiger partial charge in [0.05, 0.1) is 16.8 Å². The van der Waals surface area contributed by atoms with Crippen molar-refractivity contribution >= 4 is 28.5 Å². The number of benzene rings is 2. The zero-order valence-electron chi connectivity index (χ0n) is 14.5. The number of carboxylic acids is 1. The van der Waals surface area contributed by atoms with Crippen molar-refractivity contribution in [1.82, 2.24) is 15.0 Å². The number of pyridine rings is 1. The molecule has 0 aliphatic heterocycles. The van der Waals surface area contributed by atoms with Gasteiger partial charge in [-0.25, -0.2) is 14.8 Å². The van der Waals surface area contributed by atoms with E-state index < -0.39 is 5.97 Å². The molecule has 0 atom stereocenters. The van der Waals surface area contributed by atoms with E-state index in [-0.39, 0.29) is 5.56 Å². The van der Waals surface area contributed by atoms with Crippen molar-refractivity contribution in [1.29, 1.82) is 0 Å². The molecule has 0 saturated heterocycles. The van der Waals surface area contributed by atoms with Crippen molar-refractivity contribution in [2.75, 3.05) is 5.32 Å². The maximum absolute atomic E-state index is 11.2. The number of para-hydroxylation sites is 1. The minimum Gasteiger partial charge on any atom is -0.478 e. The fourth-order valence-corrected chi connectivity index (χ4v) is 2.80. The standard InChI is InChI=1S/C21H16N4O2/c1-13-6-7-15(20(26)27)11-19(13)25-21-22-9-8-18(24-21)16-10-14-4-2-3-5-17(14)23-12-16/h2-12H,1H3,(H,26,27)(H,22,24,25). The molecule has 0 bridgehead atoms. The summed E-state index contributed by atoms with van der Waals surface area (Å²) in [5.41, 5.74) is 4.31. The molecule has 27 heavy (non-hydrogen) atoms. The fourth-order valence-electron chi connectivity index (χ4n) is 2.80. The third-order valence-electron chi connectivity index (χ3n) is 4.27. The van der Waals surface area contributed by atoms with Crippen LogP contribution in [0.15, 0.2) is 67.0 Å². The predicted molar refractivity (Wildman–Crippen MR) is 104 cm³/mol. The van der Waals surface area contributed by atoms with E-state index >= 15 is 0 Å². The molecule has 2 heterocycles. The second-order valence-electron chi connectivity index (χ2n) is 6.14. The Morgan fingerprint density at radius 1 is 1.04 bits per heavy atom. The van der Waals surface area contributed by atoms with Gasteiger partial charge >= 0.3 is 5.97 Å². The maximum atomic E-state index is 11.2. The summed E-state index contributed by atoms with van der Waals surface area (Å²) >= 11 is 0. The summed E-state index contributed by atoms with van der Waals surface area (Å²) in [6.45, 7) is 1.89. The Labute approximate surface area is 155 Å². The van der Waals surface area contributed by atoms with Crippen LogP contribution in [0, 0.1) is 6.92 Å². The lowest BCUT2D eigenvalue weighted by Gasteiger charge is -2.10. The number of aromatic nitrogens is 3. The molecule has 6 heteroatoms. The van der Waals surface area contributed by atoms with Gasteiger partial charge in [-0.2, -0.15) is 0 Å². The molecule has 2 aromatic heterocycles. The molecule has 0 saturated carbocycles. The Morgan fingerprint density at radius 3 is 2.74 bits per heavy atom. The molecule has 4 aromatic rings. The molecule has 0 amide bonds. The van der Waals surface area contributed by atoms with E-state index in [1.165, 1.54) is 0 Å². The number of hydrogen-bond donors (Lipinski definition) is 2. The smallest absolute Gasteiger partial charge is 0.335 e. The van der Waals surface area contributed by atoms with Crippen LogP contribution < -0.4 is 5.32 Å². The summed E-state index contributed by atoms with van der Waals surface area (Å²) in [5.74, 6) is -0.582. The quantitative estimate of drug-likeness (QED) is 0.562. The lowest BCUT2D eigenvalue weighted by molar-refractivity contribution is 0.0697. The van der Waals surface area contributed by atoms with Crippen LogP contribution in [0.2, 0.25) is 0 Å². The number of fused-ring (bicyclic) bond motifs is 1. The average Bonchev–Trinajstić information content (AvgIpc) is 2.69. The minimum absolute atomic E-state index is 0.206. The van der Waals surface area contributed by atoms with E-state index in [1.807, 2.05) is 43.3 Å². The van der Waals surface area contributed by atoms with E-state index in [0.29, 0.717) is 11.6 Å². The van der Waals surface area contributed by atoms with Gasteiger partial charge in [0.15, 0.2) is 0 Å². The van der Waals surface area contributed by atoms with Crippen LogP contribution in [-0.2, 0) is 0 Å². The molecule has 132 valence electrons. The third-order valence-corrected chi connectivity index (χ3v) is 4.27. The van der Waals surface area contributed by atoms with Gasteiger partial charge < -0.3 is 10.4 Å². The van der Waals surface area contributed by atoms with Crippen LogP contribution in [0.25, 0.3) is 22.2 Å². The summed E-state index contributed by atoms with van der Waals surface area (Å²) in [6, 6.07) is 16.6. The third kappa shape index (κ3) is 3.46. The molecule has 2 aromatic carbocycles. The van der Waals surface area contributed by atoms with Crippen molar-refractivity contribution in [2.24, 2.45) is 0 Å². The number of nitrogens with zero attached hydrogens (tertiary/aromatic N) is 3. The van der Waals surface area contributed by atoms with E-state index in [4.69, 9.17) is 0 Å². The SMILES string of the molecule is Cc1ccc(C(=O)O)cc1Nc1nccc(-c2cnc3ccccc3c2)n1. The number of aromatic carboxylic acids is 1. The van der Waals surface area contributed by atoms with Crippen LogP contribution in [0.1, 0.15) is 15.9 Å². The first-order valence-electron chi connectivity index (χ1n) is 8.39. The Bertz CT molecular complexity index is 1160. The summed E-state index contributed by atoms with van der Waals surface area (Å²) in [4.78, 5) is 24.5. The highest BCUT2D eigenvalue weighted by Crippen LogP contribution is 2.24. The number of rotatable bonds is 4. The van der Waals surface area contributed by atoms with Crippen LogP contribution >= 0.6 is 0 Å². The highest BCUT2D eigenvalue weighted by Gasteiger charge is 2.09. The van der Waals surface area contributed by atoms with Crippen molar-refractivity contribution < 1.29 is 9.90 Å². The van der Waals surface area contributed by atoms with Gasteiger partial charge in [-0.3, -0.25) is 4.98 Å². The largest absolute Gasteiger partial charge is 0.478 e. The van der Waals surface area contributed by atoms with Crippen LogP contribution in [0.3, 0.4) is 0 Å². The number of carboxylic acid groups (broad SMARTS) is 1. The highest BCUT2D eigenvalue weighted by atomic mass is 16.4. The van der Waals surface area contributed by atoms with Crippen LogP contribution in [0.4, 0.5) is 11.6 Å². The summed E-state index contributed by atoms with van der Waals surface area (Å²) in [6.07, 6.45) is 3.45. The van der Waals surface area contributed by atoms with Crippen molar-refractivity contribution in [2.45, 2.75) is 6.92 Å². The van der Waals surface area contributed by atoms with Crippen molar-refractivity contribution in [3.63, 3.8) is 0 Å². The molecule has 4 rings (SSSR count). The molecule has 0 aliphatic carbocycles. The lowest BCUT2D eigenvalue weighted by atomic mass is 10.1. The Balaban J connectivity index is 1.68. The second-order valence-corrected chi connectivity index (χ2v) is 6.14. The van der Waals surface area contributed by atoms with Gasteiger partial charge in [-0.1, -0.05) is 24.3 Å². The molecular formula is C21H16N4O2. The van der Waals surface area contributed by atoms with Crippen molar-refractivity contribution in [3.8, 4) is 11.3 Å². The van der Waals surface area contributed by atoms with E-state index in [1.54, 1.807) is 30.6 Å². The first kappa shape index (κ1) is 16.7. The van der Waals surface area contributed by atoms with Gasteiger partial charge in [0.2, 0.25) is 5.95 Å². The molecule has 0 spiro atoms. The molecule has 0 unspecified atom stereocenters. The molecule has 2 N–H and O–H groups in total. The summed E-state index contributed by atoms with van der Waals surface area (Å²) in [5, 5.41) is 13.3. The van der Waals surface area contributed by atoms with E-state index in [2.05, 4.69) is 20.3 Å². The topological polar surface area (TPSA) is 88.0 Å². The monoisotopic (exact) mass is 356 g/mol. The fraction of sp³-hybridized carbons (Fsp3) is 0.0476. The Kier molecular flexibility index (Phi) is 4.22. The number of carbonyl (C=O) groups is 1. The predicted octanol–water partition coefficient (Wildman–Crippen LogP) is 4.44. The summed E-state index contributed by atoms with van der Waals surface area (Å²) < 4.78 is 0. The van der Waals surface area contributed by atoms with Gasteiger partial charge in [0.1, 0.15) is 0 Å². The molecule has 6 nitrogen and oxygen atoms in total. The maximum Gasteiger partial charge on any atom is 0.335 e. The zero-order valence-corrected chi connectivity index (χ0v) is 14.5. The number of hydrogen-bond acceptors (Lipinski definition) is 5. The first-order chi connectivity index (χ1) is 13.1. The van der Waals surface area contributed by atoms with Gasteiger partial charge in [-0.15, -0.1) is 0 Å². The van der Waals surface area contributed by atoms with E-state index in [9.17, 15) is 9.90 Å². The molecule has 0 fully saturated rings. The van der Waals surface area contributed by atoms with Gasteiger partial charge in [0, 0.05) is 29.0 Å². The highest BCUT2D eigenvalue weighted by molar-refractivity contribution is 5.89. The normalized spacial score (nSPS) is 10.7. The molecular weight excluding hydrogens is 340 g/mol. The Hall–Kier alpha value is -3.80. The zero-order chi connectivity index (χ0) is 18.8. The van der Waals surface area contributed by atoms with Gasteiger partial charge in [-0.05, 0) is 42.8 Å². The van der Waals surface area contributed by atoms with E-state index in [0.717, 1.165) is 27.7 Å². The average molecular weight is 356 g/mol. The molecule has 0 aliphatic rings. The minimum atomic E-state index is -0.977. The van der Waals surface area contributed by atoms with Crippen LogP contribution in [0.5, 0.6) is 0 Å². The second kappa shape index (κ2) is 6.84. The number of aryl methyl sites for hydroxylation is 1. The Morgan fingerprint density at radius 2 is 1.89 bits per heavy atom. The van der Waals surface area contributed by atoms with Crippen molar-refractivity contribution in [3.05, 3.63) is 78.1 Å². The molecule has 0 radical (unpaired) electrons. The number of anilines is 2. The van der Waals surface area contributed by atoms with Crippen LogP contribution in [-0.4, -0.2) is 26.0 Å². The summed E-state index contributed by atoms with van der Waals surface area (Å²) in [7, 11) is 0. The first-order valence-corrected chi connectivity index (χ1v) is 8.39. The van der Waals surface area contributed by atoms with Gasteiger partial charge in [0.25, 0.3) is 0 Å². The number of nitrogens with one attached hydrogen (secondary N) is 1. The lowest BCUT2D eigenvalue weighted by Crippen LogP contribution is -2.02.